The lowest BCUT2D eigenvalue weighted by Crippen LogP contribution is -2.31. The van der Waals surface area contributed by atoms with E-state index in [1.165, 1.54) is 17.3 Å². The second-order valence-electron chi connectivity index (χ2n) is 7.79. The van der Waals surface area contributed by atoms with Gasteiger partial charge in [0.25, 0.3) is 5.56 Å². The van der Waals surface area contributed by atoms with Crippen LogP contribution in [-0.2, 0) is 10.5 Å². The number of carbonyl (C=O) groups excluding carboxylic acids is 1. The number of hydrogen-bond acceptors (Lipinski definition) is 6. The maximum atomic E-state index is 13.1. The zero-order valence-corrected chi connectivity index (χ0v) is 19.8. The zero-order chi connectivity index (χ0) is 23.4. The van der Waals surface area contributed by atoms with Gasteiger partial charge in [-0.1, -0.05) is 47.7 Å². The molecule has 2 N–H and O–H groups in total. The Hall–Kier alpha value is -3.26. The van der Waals surface area contributed by atoms with E-state index in [4.69, 9.17) is 9.47 Å². The van der Waals surface area contributed by atoms with Crippen LogP contribution >= 0.6 is 11.8 Å². The number of anilines is 1. The number of rotatable bonds is 8. The summed E-state index contributed by atoms with van der Waals surface area (Å²) >= 11 is 1.43. The second-order valence-corrected chi connectivity index (χ2v) is 8.75. The van der Waals surface area contributed by atoms with Crippen molar-refractivity contribution in [2.45, 2.75) is 44.0 Å². The molecular formula is C25H27N3O4S. The Labute approximate surface area is 196 Å². The van der Waals surface area contributed by atoms with Gasteiger partial charge < -0.3 is 19.8 Å². The smallest absolute Gasteiger partial charge is 0.257 e. The fourth-order valence-corrected chi connectivity index (χ4v) is 4.75. The van der Waals surface area contributed by atoms with Crippen molar-refractivity contribution >= 4 is 23.5 Å². The number of aromatic amines is 1. The molecule has 1 aliphatic rings. The lowest BCUT2D eigenvalue weighted by Gasteiger charge is -2.25. The van der Waals surface area contributed by atoms with Crippen molar-refractivity contribution in [3.8, 4) is 11.5 Å². The molecular weight excluding hydrogens is 438 g/mol. The van der Waals surface area contributed by atoms with Crippen molar-refractivity contribution in [1.82, 2.24) is 9.97 Å². The van der Waals surface area contributed by atoms with Gasteiger partial charge in [-0.05, 0) is 44.0 Å². The summed E-state index contributed by atoms with van der Waals surface area (Å²) in [5.41, 5.74) is 3.34. The van der Waals surface area contributed by atoms with Gasteiger partial charge in [0, 0.05) is 18.1 Å². The van der Waals surface area contributed by atoms with E-state index in [-0.39, 0.29) is 17.9 Å². The number of nitrogens with zero attached hydrogens (tertiary/aromatic N) is 1. The van der Waals surface area contributed by atoms with Crippen LogP contribution in [-0.4, -0.2) is 29.1 Å². The average molecular weight is 466 g/mol. The minimum atomic E-state index is -0.421. The Morgan fingerprint density at radius 2 is 1.85 bits per heavy atom. The van der Waals surface area contributed by atoms with Crippen molar-refractivity contribution in [2.75, 3.05) is 18.5 Å². The quantitative estimate of drug-likeness (QED) is 0.372. The van der Waals surface area contributed by atoms with Gasteiger partial charge in [0.1, 0.15) is 5.82 Å². The lowest BCUT2D eigenvalue weighted by atomic mass is 9.86. The van der Waals surface area contributed by atoms with E-state index in [2.05, 4.69) is 21.4 Å². The molecule has 8 heteroatoms. The predicted octanol–water partition coefficient (Wildman–Crippen LogP) is 4.64. The van der Waals surface area contributed by atoms with E-state index in [9.17, 15) is 9.59 Å². The van der Waals surface area contributed by atoms with Crippen molar-refractivity contribution < 1.29 is 14.3 Å². The van der Waals surface area contributed by atoms with Gasteiger partial charge in [0.2, 0.25) is 5.91 Å². The van der Waals surface area contributed by atoms with Crippen LogP contribution in [0, 0.1) is 6.92 Å². The molecule has 1 amide bonds. The van der Waals surface area contributed by atoms with Gasteiger partial charge in [-0.2, -0.15) is 0 Å². The number of thioether (sulfide) groups is 1. The van der Waals surface area contributed by atoms with Crippen molar-refractivity contribution in [1.29, 1.82) is 0 Å². The highest BCUT2D eigenvalue weighted by molar-refractivity contribution is 7.98. The number of aryl methyl sites for hydroxylation is 1. The molecule has 4 rings (SSSR count). The van der Waals surface area contributed by atoms with Gasteiger partial charge in [0.05, 0.1) is 18.8 Å². The molecule has 0 fully saturated rings. The monoisotopic (exact) mass is 465 g/mol. The number of amides is 1. The number of nitrogens with one attached hydrogen (secondary N) is 2. The summed E-state index contributed by atoms with van der Waals surface area (Å²) in [5, 5.41) is 3.26. The Morgan fingerprint density at radius 1 is 1.06 bits per heavy atom. The van der Waals surface area contributed by atoms with Crippen LogP contribution in [0.15, 0.2) is 52.4 Å². The number of ether oxygens (including phenoxy) is 2. The van der Waals surface area contributed by atoms with Crippen LogP contribution in [0.3, 0.4) is 0 Å². The van der Waals surface area contributed by atoms with E-state index in [0.717, 1.165) is 11.1 Å². The van der Waals surface area contributed by atoms with Gasteiger partial charge in [0.15, 0.2) is 16.7 Å². The van der Waals surface area contributed by atoms with Gasteiger partial charge in [-0.25, -0.2) is 4.98 Å². The normalized spacial score (nSPS) is 15.0. The average Bonchev–Trinajstić information content (AvgIpc) is 2.78. The SMILES string of the molecule is CCOc1ccc([C@@H]2CC(=O)Nc3nc(SCc4cccc(C)c4)[nH]c(=O)c32)cc1OCC. The maximum absolute atomic E-state index is 13.1. The van der Waals surface area contributed by atoms with Crippen LogP contribution in [0.4, 0.5) is 5.82 Å². The molecule has 7 nitrogen and oxygen atoms in total. The number of aromatic nitrogens is 2. The molecule has 0 radical (unpaired) electrons. The molecule has 0 saturated carbocycles. The highest BCUT2D eigenvalue weighted by Gasteiger charge is 2.31. The maximum Gasteiger partial charge on any atom is 0.257 e. The number of fused-ring (bicyclic) bond motifs is 1. The van der Waals surface area contributed by atoms with E-state index in [1.54, 1.807) is 0 Å². The summed E-state index contributed by atoms with van der Waals surface area (Å²) in [6.45, 7) is 6.85. The molecule has 1 aromatic heterocycles. The fourth-order valence-electron chi connectivity index (χ4n) is 3.94. The highest BCUT2D eigenvalue weighted by Crippen LogP contribution is 2.38. The molecule has 2 heterocycles. The van der Waals surface area contributed by atoms with Crippen LogP contribution < -0.4 is 20.3 Å². The highest BCUT2D eigenvalue weighted by atomic mass is 32.2. The van der Waals surface area contributed by atoms with E-state index in [1.807, 2.05) is 57.2 Å². The Morgan fingerprint density at radius 3 is 2.61 bits per heavy atom. The summed E-state index contributed by atoms with van der Waals surface area (Å²) in [7, 11) is 0. The first kappa shape index (κ1) is 22.9. The largest absolute Gasteiger partial charge is 0.490 e. The molecule has 2 aromatic carbocycles. The van der Waals surface area contributed by atoms with Gasteiger partial charge in [-0.3, -0.25) is 9.59 Å². The van der Waals surface area contributed by atoms with Crippen LogP contribution in [0.25, 0.3) is 0 Å². The zero-order valence-electron chi connectivity index (χ0n) is 18.9. The summed E-state index contributed by atoms with van der Waals surface area (Å²) in [4.78, 5) is 33.1. The van der Waals surface area contributed by atoms with E-state index >= 15 is 0 Å². The first-order valence-corrected chi connectivity index (χ1v) is 12.0. The first-order valence-electron chi connectivity index (χ1n) is 11.0. The topological polar surface area (TPSA) is 93.3 Å². The Kier molecular flexibility index (Phi) is 7.03. The molecule has 33 heavy (non-hydrogen) atoms. The Bertz CT molecular complexity index is 1220. The molecule has 0 saturated heterocycles. The van der Waals surface area contributed by atoms with Gasteiger partial charge >= 0.3 is 0 Å². The lowest BCUT2D eigenvalue weighted by molar-refractivity contribution is -0.116. The number of carbonyl (C=O) groups is 1. The summed E-state index contributed by atoms with van der Waals surface area (Å²) in [6.07, 6.45) is 0.160. The summed E-state index contributed by atoms with van der Waals surface area (Å²) < 4.78 is 11.4. The second kappa shape index (κ2) is 10.1. The fraction of sp³-hybridized carbons (Fsp3) is 0.320. The van der Waals surface area contributed by atoms with Crippen LogP contribution in [0.2, 0.25) is 0 Å². The molecule has 1 atom stereocenters. The molecule has 0 spiro atoms. The molecule has 1 aliphatic heterocycles. The first-order chi connectivity index (χ1) is 16.0. The third kappa shape index (κ3) is 5.22. The van der Waals surface area contributed by atoms with Crippen LogP contribution in [0.5, 0.6) is 11.5 Å². The minimum Gasteiger partial charge on any atom is -0.490 e. The van der Waals surface area contributed by atoms with Gasteiger partial charge in [-0.15, -0.1) is 0 Å². The number of benzene rings is 2. The van der Waals surface area contributed by atoms with E-state index in [0.29, 0.717) is 47.0 Å². The molecule has 0 aliphatic carbocycles. The third-order valence-electron chi connectivity index (χ3n) is 5.36. The predicted molar refractivity (Wildman–Crippen MR) is 129 cm³/mol. The standard InChI is InChI=1S/C25H27N3O4S/c1-4-31-19-10-9-17(12-20(19)32-5-2)18-13-21(29)26-23-22(18)24(30)28-25(27-23)33-14-16-8-6-7-15(3)11-16/h6-12,18H,4-5,13-14H2,1-3H3,(H2,26,27,28,29,30)/t18-/m0/s1. The molecule has 172 valence electrons. The number of hydrogen-bond donors (Lipinski definition) is 2. The van der Waals surface area contributed by atoms with E-state index < -0.39 is 5.92 Å². The van der Waals surface area contributed by atoms with Crippen molar-refractivity contribution in [3.63, 3.8) is 0 Å². The third-order valence-corrected chi connectivity index (χ3v) is 6.30. The Balaban J connectivity index is 1.65. The van der Waals surface area contributed by atoms with Crippen LogP contribution in [0.1, 0.15) is 48.4 Å². The van der Waals surface area contributed by atoms with Crippen molar-refractivity contribution in [3.05, 3.63) is 75.1 Å². The molecule has 0 unspecified atom stereocenters. The minimum absolute atomic E-state index is 0.160. The summed E-state index contributed by atoms with van der Waals surface area (Å²) in [5.74, 6) is 1.62. The molecule has 0 bridgehead atoms. The molecule has 3 aromatic rings. The van der Waals surface area contributed by atoms with Crippen molar-refractivity contribution in [2.24, 2.45) is 0 Å². The number of H-pyrrole nitrogens is 1. The summed E-state index contributed by atoms with van der Waals surface area (Å²) in [6, 6.07) is 13.7.